The molecular formula is C17H15N3O4S. The third-order valence-corrected chi connectivity index (χ3v) is 4.63. The largest absolute Gasteiger partial charge is 0.495 e. The number of non-ortho nitro benzene ring substituents is 1. The van der Waals surface area contributed by atoms with Crippen molar-refractivity contribution in [2.75, 3.05) is 12.9 Å². The molecule has 1 heterocycles. The molecule has 3 rings (SSSR count). The molecule has 2 aromatic carbocycles. The maximum Gasteiger partial charge on any atom is 0.271 e. The molecule has 8 heteroatoms. The standard InChI is InChI=1S/C17H15N3O4S/c1-11(21)10-25-17-18-13-9-12(20(22)23)7-8-14(13)19(17)15-5-3-4-6-16(15)24-2/h3-9H,10H2,1-2H3. The minimum atomic E-state index is -0.454. The second-order valence-corrected chi connectivity index (χ2v) is 6.26. The molecule has 0 amide bonds. The van der Waals surface area contributed by atoms with E-state index in [0.29, 0.717) is 21.9 Å². The molecule has 0 saturated heterocycles. The number of nitro groups is 1. The number of carbonyl (C=O) groups is 1. The number of nitrogens with zero attached hydrogens (tertiary/aromatic N) is 3. The van der Waals surface area contributed by atoms with Gasteiger partial charge in [0.05, 0.1) is 34.5 Å². The topological polar surface area (TPSA) is 87.3 Å². The molecule has 0 atom stereocenters. The number of Topliss-reactive ketones (excluding diaryl/α,β-unsaturated/α-hetero) is 1. The van der Waals surface area contributed by atoms with Crippen LogP contribution in [0.15, 0.2) is 47.6 Å². The van der Waals surface area contributed by atoms with Gasteiger partial charge < -0.3 is 4.74 Å². The molecule has 0 saturated carbocycles. The van der Waals surface area contributed by atoms with Crippen LogP contribution < -0.4 is 4.74 Å². The lowest BCUT2D eigenvalue weighted by Crippen LogP contribution is -2.02. The quantitative estimate of drug-likeness (QED) is 0.380. The first-order valence-corrected chi connectivity index (χ1v) is 8.42. The van der Waals surface area contributed by atoms with Crippen molar-refractivity contribution in [1.82, 2.24) is 9.55 Å². The van der Waals surface area contributed by atoms with Crippen LogP contribution in [0.1, 0.15) is 6.92 Å². The Labute approximate surface area is 147 Å². The lowest BCUT2D eigenvalue weighted by atomic mass is 10.2. The Morgan fingerprint density at radius 2 is 2.08 bits per heavy atom. The maximum atomic E-state index is 11.4. The summed E-state index contributed by atoms with van der Waals surface area (Å²) in [5, 5.41) is 11.6. The fourth-order valence-electron chi connectivity index (χ4n) is 2.47. The van der Waals surface area contributed by atoms with Gasteiger partial charge in [0.15, 0.2) is 5.16 Å². The normalized spacial score (nSPS) is 10.8. The number of ketones is 1. The summed E-state index contributed by atoms with van der Waals surface area (Å²) in [6.45, 7) is 1.51. The van der Waals surface area contributed by atoms with Gasteiger partial charge in [-0.2, -0.15) is 0 Å². The lowest BCUT2D eigenvalue weighted by Gasteiger charge is -2.12. The van der Waals surface area contributed by atoms with Crippen molar-refractivity contribution in [3.63, 3.8) is 0 Å². The molecule has 0 aliphatic carbocycles. The first kappa shape index (κ1) is 17.0. The highest BCUT2D eigenvalue weighted by Gasteiger charge is 2.18. The van der Waals surface area contributed by atoms with E-state index in [1.165, 1.54) is 30.8 Å². The number of imidazole rings is 1. The number of carbonyl (C=O) groups excluding carboxylic acids is 1. The third kappa shape index (κ3) is 3.34. The van der Waals surface area contributed by atoms with Crippen molar-refractivity contribution >= 4 is 34.3 Å². The van der Waals surface area contributed by atoms with E-state index in [1.807, 2.05) is 28.8 Å². The molecule has 0 aliphatic heterocycles. The zero-order chi connectivity index (χ0) is 18.0. The van der Waals surface area contributed by atoms with Gasteiger partial charge in [-0.1, -0.05) is 23.9 Å². The highest BCUT2D eigenvalue weighted by atomic mass is 32.2. The van der Waals surface area contributed by atoms with E-state index < -0.39 is 4.92 Å². The van der Waals surface area contributed by atoms with Crippen LogP contribution in [-0.2, 0) is 4.79 Å². The second-order valence-electron chi connectivity index (χ2n) is 5.32. The van der Waals surface area contributed by atoms with E-state index >= 15 is 0 Å². The third-order valence-electron chi connectivity index (χ3n) is 3.55. The predicted molar refractivity (Wildman–Crippen MR) is 95.7 cm³/mol. The van der Waals surface area contributed by atoms with E-state index in [2.05, 4.69) is 4.98 Å². The van der Waals surface area contributed by atoms with Crippen molar-refractivity contribution in [3.8, 4) is 11.4 Å². The van der Waals surface area contributed by atoms with E-state index in [4.69, 9.17) is 4.74 Å². The fourth-order valence-corrected chi connectivity index (χ4v) is 3.29. The Hall–Kier alpha value is -2.87. The Morgan fingerprint density at radius 3 is 2.76 bits per heavy atom. The second kappa shape index (κ2) is 6.94. The van der Waals surface area contributed by atoms with Crippen LogP contribution in [0.25, 0.3) is 16.7 Å². The molecule has 0 unspecified atom stereocenters. The number of methoxy groups -OCH3 is 1. The van der Waals surface area contributed by atoms with E-state index in [9.17, 15) is 14.9 Å². The number of benzene rings is 2. The monoisotopic (exact) mass is 357 g/mol. The van der Waals surface area contributed by atoms with Crippen LogP contribution in [0.4, 0.5) is 5.69 Å². The van der Waals surface area contributed by atoms with Gasteiger partial charge in [-0.05, 0) is 25.1 Å². The van der Waals surface area contributed by atoms with E-state index in [-0.39, 0.29) is 17.2 Å². The SMILES string of the molecule is COc1ccccc1-n1c(SCC(C)=O)nc2cc([N+](=O)[O-])ccc21. The molecule has 128 valence electrons. The number of ether oxygens (including phenoxy) is 1. The Kier molecular flexibility index (Phi) is 4.71. The molecule has 0 N–H and O–H groups in total. The molecule has 1 aromatic heterocycles. The Balaban J connectivity index is 2.24. The first-order valence-electron chi connectivity index (χ1n) is 7.44. The molecular weight excluding hydrogens is 342 g/mol. The average Bonchev–Trinajstić information content (AvgIpc) is 2.97. The summed E-state index contributed by atoms with van der Waals surface area (Å²) in [4.78, 5) is 26.4. The number of para-hydroxylation sites is 2. The van der Waals surface area contributed by atoms with E-state index in [1.54, 1.807) is 13.2 Å². The summed E-state index contributed by atoms with van der Waals surface area (Å²) in [6, 6.07) is 12.0. The fraction of sp³-hybridized carbons (Fsp3) is 0.176. The zero-order valence-electron chi connectivity index (χ0n) is 13.6. The molecule has 0 aliphatic rings. The summed E-state index contributed by atoms with van der Waals surface area (Å²) >= 11 is 1.29. The predicted octanol–water partition coefficient (Wildman–Crippen LogP) is 3.62. The summed E-state index contributed by atoms with van der Waals surface area (Å²) in [6.07, 6.45) is 0. The van der Waals surface area contributed by atoms with Gasteiger partial charge in [0.25, 0.3) is 5.69 Å². The molecule has 0 bridgehead atoms. The van der Waals surface area contributed by atoms with Crippen molar-refractivity contribution < 1.29 is 14.5 Å². The zero-order valence-corrected chi connectivity index (χ0v) is 14.4. The van der Waals surface area contributed by atoms with Crippen LogP contribution in [-0.4, -0.2) is 33.1 Å². The van der Waals surface area contributed by atoms with Gasteiger partial charge in [0.1, 0.15) is 11.5 Å². The number of hydrogen-bond donors (Lipinski definition) is 0. The van der Waals surface area contributed by atoms with Crippen molar-refractivity contribution in [2.24, 2.45) is 0 Å². The van der Waals surface area contributed by atoms with Crippen LogP contribution in [0, 0.1) is 10.1 Å². The summed E-state index contributed by atoms with van der Waals surface area (Å²) in [7, 11) is 1.57. The average molecular weight is 357 g/mol. The van der Waals surface area contributed by atoms with Crippen LogP contribution in [0.5, 0.6) is 5.75 Å². The van der Waals surface area contributed by atoms with Crippen molar-refractivity contribution in [2.45, 2.75) is 12.1 Å². The lowest BCUT2D eigenvalue weighted by molar-refractivity contribution is -0.384. The molecule has 7 nitrogen and oxygen atoms in total. The highest BCUT2D eigenvalue weighted by molar-refractivity contribution is 7.99. The Bertz CT molecular complexity index is 968. The summed E-state index contributed by atoms with van der Waals surface area (Å²) in [5.74, 6) is 0.931. The minimum absolute atomic E-state index is 0.0228. The molecule has 0 radical (unpaired) electrons. The smallest absolute Gasteiger partial charge is 0.271 e. The summed E-state index contributed by atoms with van der Waals surface area (Å²) < 4.78 is 7.28. The minimum Gasteiger partial charge on any atom is -0.495 e. The van der Waals surface area contributed by atoms with Gasteiger partial charge in [-0.25, -0.2) is 4.98 Å². The molecule has 25 heavy (non-hydrogen) atoms. The number of thioether (sulfide) groups is 1. The first-order chi connectivity index (χ1) is 12.0. The van der Waals surface area contributed by atoms with Gasteiger partial charge in [-0.3, -0.25) is 19.5 Å². The molecule has 3 aromatic rings. The number of fused-ring (bicyclic) bond motifs is 1. The molecule has 0 fully saturated rings. The van der Waals surface area contributed by atoms with Gasteiger partial charge in [0, 0.05) is 12.1 Å². The van der Waals surface area contributed by atoms with Gasteiger partial charge >= 0.3 is 0 Å². The highest BCUT2D eigenvalue weighted by Crippen LogP contribution is 2.33. The van der Waals surface area contributed by atoms with Gasteiger partial charge in [-0.15, -0.1) is 0 Å². The number of aromatic nitrogens is 2. The van der Waals surface area contributed by atoms with Crippen LogP contribution in [0.3, 0.4) is 0 Å². The maximum absolute atomic E-state index is 11.4. The Morgan fingerprint density at radius 1 is 1.32 bits per heavy atom. The van der Waals surface area contributed by atoms with Crippen molar-refractivity contribution in [1.29, 1.82) is 0 Å². The summed E-state index contributed by atoms with van der Waals surface area (Å²) in [5.41, 5.74) is 1.93. The van der Waals surface area contributed by atoms with Crippen LogP contribution in [0.2, 0.25) is 0 Å². The number of rotatable bonds is 6. The number of hydrogen-bond acceptors (Lipinski definition) is 6. The molecule has 0 spiro atoms. The van der Waals surface area contributed by atoms with Gasteiger partial charge in [0.2, 0.25) is 0 Å². The van der Waals surface area contributed by atoms with Crippen LogP contribution >= 0.6 is 11.8 Å². The van der Waals surface area contributed by atoms with Crippen molar-refractivity contribution in [3.05, 3.63) is 52.6 Å². The van der Waals surface area contributed by atoms with E-state index in [0.717, 1.165) is 5.69 Å². The number of nitro benzene ring substituents is 1.